The molecule has 0 bridgehead atoms. The minimum Gasteiger partial charge on any atom is -0.395 e. The second kappa shape index (κ2) is 8.67. The Kier molecular flexibility index (Phi) is 6.54. The predicted molar refractivity (Wildman–Crippen MR) is 85.5 cm³/mol. The molecule has 1 saturated carbocycles. The van der Waals surface area contributed by atoms with Crippen molar-refractivity contribution in [1.82, 2.24) is 5.32 Å². The van der Waals surface area contributed by atoms with E-state index in [1.165, 1.54) is 38.5 Å². The zero-order chi connectivity index (χ0) is 14.9. The number of carbonyl (C=O) groups excluding carboxylic acids is 1. The van der Waals surface area contributed by atoms with Gasteiger partial charge in [-0.25, -0.2) is 0 Å². The maximum Gasteiger partial charge on any atom is 0.251 e. The van der Waals surface area contributed by atoms with Gasteiger partial charge in [-0.2, -0.15) is 0 Å². The van der Waals surface area contributed by atoms with E-state index >= 15 is 0 Å². The van der Waals surface area contributed by atoms with E-state index in [0.29, 0.717) is 12.1 Å². The summed E-state index contributed by atoms with van der Waals surface area (Å²) >= 11 is 0. The third-order valence-corrected chi connectivity index (χ3v) is 4.11. The number of nitrogens with one attached hydrogen (secondary N) is 2. The average Bonchev–Trinajstić information content (AvgIpc) is 2.80. The topological polar surface area (TPSA) is 61.4 Å². The Balaban J connectivity index is 1.80. The fraction of sp³-hybridized carbons (Fsp3) is 0.588. The molecule has 116 valence electrons. The first-order valence-corrected chi connectivity index (χ1v) is 8.02. The van der Waals surface area contributed by atoms with Crippen LogP contribution in [0.15, 0.2) is 24.3 Å². The number of amides is 1. The van der Waals surface area contributed by atoms with Crippen LogP contribution in [0.3, 0.4) is 0 Å². The van der Waals surface area contributed by atoms with Crippen LogP contribution in [-0.2, 0) is 0 Å². The second-order valence-electron chi connectivity index (χ2n) is 5.80. The number of rotatable bonds is 6. The number of benzene rings is 1. The van der Waals surface area contributed by atoms with Gasteiger partial charge in [0.1, 0.15) is 0 Å². The summed E-state index contributed by atoms with van der Waals surface area (Å²) in [4.78, 5) is 11.7. The van der Waals surface area contributed by atoms with Crippen molar-refractivity contribution in [3.63, 3.8) is 0 Å². The zero-order valence-electron chi connectivity index (χ0n) is 12.6. The molecule has 4 heteroatoms. The third kappa shape index (κ3) is 5.38. The molecular weight excluding hydrogens is 264 g/mol. The summed E-state index contributed by atoms with van der Waals surface area (Å²) < 4.78 is 0. The Morgan fingerprint density at radius 1 is 1.10 bits per heavy atom. The predicted octanol–water partition coefficient (Wildman–Crippen LogP) is 2.79. The largest absolute Gasteiger partial charge is 0.395 e. The number of anilines is 1. The van der Waals surface area contributed by atoms with E-state index in [4.69, 9.17) is 5.11 Å². The van der Waals surface area contributed by atoms with Crippen LogP contribution in [0.1, 0.15) is 48.9 Å². The van der Waals surface area contributed by atoms with Crippen LogP contribution in [0, 0.1) is 5.92 Å². The molecular formula is C17H26N2O2. The Hall–Kier alpha value is -1.55. The number of carbonyl (C=O) groups is 1. The van der Waals surface area contributed by atoms with Crippen molar-refractivity contribution < 1.29 is 9.90 Å². The molecule has 0 unspecified atom stereocenters. The summed E-state index contributed by atoms with van der Waals surface area (Å²) in [6, 6.07) is 7.54. The van der Waals surface area contributed by atoms with Gasteiger partial charge in [0.25, 0.3) is 5.91 Å². The lowest BCUT2D eigenvalue weighted by molar-refractivity contribution is 0.0945. The van der Waals surface area contributed by atoms with Gasteiger partial charge in [0, 0.05) is 24.3 Å². The van der Waals surface area contributed by atoms with E-state index in [0.717, 1.165) is 18.2 Å². The number of aliphatic hydroxyl groups is 1. The highest BCUT2D eigenvalue weighted by atomic mass is 16.3. The van der Waals surface area contributed by atoms with E-state index in [-0.39, 0.29) is 12.5 Å². The maximum atomic E-state index is 11.7. The molecule has 1 fully saturated rings. The molecule has 0 saturated heterocycles. The lowest BCUT2D eigenvalue weighted by atomic mass is 10.0. The molecule has 0 aliphatic heterocycles. The smallest absolute Gasteiger partial charge is 0.251 e. The van der Waals surface area contributed by atoms with Crippen molar-refractivity contribution in [3.8, 4) is 0 Å². The van der Waals surface area contributed by atoms with Crippen LogP contribution in [0.4, 0.5) is 5.69 Å². The summed E-state index contributed by atoms with van der Waals surface area (Å²) in [5.74, 6) is 0.638. The minimum atomic E-state index is -0.139. The van der Waals surface area contributed by atoms with Crippen molar-refractivity contribution in [2.75, 3.05) is 25.0 Å². The van der Waals surface area contributed by atoms with Crippen LogP contribution >= 0.6 is 0 Å². The van der Waals surface area contributed by atoms with Gasteiger partial charge < -0.3 is 15.7 Å². The monoisotopic (exact) mass is 290 g/mol. The Morgan fingerprint density at radius 3 is 2.38 bits per heavy atom. The van der Waals surface area contributed by atoms with Crippen LogP contribution in [0.25, 0.3) is 0 Å². The molecule has 21 heavy (non-hydrogen) atoms. The normalized spacial score (nSPS) is 16.2. The summed E-state index contributed by atoms with van der Waals surface area (Å²) in [5.41, 5.74) is 1.70. The molecule has 1 aliphatic rings. The molecule has 0 aromatic heterocycles. The first-order chi connectivity index (χ1) is 10.3. The number of hydrogen-bond donors (Lipinski definition) is 3. The second-order valence-corrected chi connectivity index (χ2v) is 5.80. The van der Waals surface area contributed by atoms with Crippen molar-refractivity contribution >= 4 is 11.6 Å². The molecule has 2 rings (SSSR count). The van der Waals surface area contributed by atoms with Crippen molar-refractivity contribution in [2.24, 2.45) is 5.92 Å². The van der Waals surface area contributed by atoms with Gasteiger partial charge in [0.15, 0.2) is 0 Å². The lowest BCUT2D eigenvalue weighted by Gasteiger charge is -2.16. The Labute approximate surface area is 126 Å². The minimum absolute atomic E-state index is 0.0350. The molecule has 0 heterocycles. The van der Waals surface area contributed by atoms with E-state index in [1.54, 1.807) is 0 Å². The van der Waals surface area contributed by atoms with Crippen LogP contribution in [-0.4, -0.2) is 30.7 Å². The highest BCUT2D eigenvalue weighted by Crippen LogP contribution is 2.23. The molecule has 1 aromatic rings. The van der Waals surface area contributed by atoms with Crippen molar-refractivity contribution in [1.29, 1.82) is 0 Å². The molecule has 1 aromatic carbocycles. The quantitative estimate of drug-likeness (QED) is 0.706. The molecule has 3 N–H and O–H groups in total. The van der Waals surface area contributed by atoms with Gasteiger partial charge in [0.05, 0.1) is 6.61 Å². The first-order valence-electron chi connectivity index (χ1n) is 8.02. The van der Waals surface area contributed by atoms with E-state index in [1.807, 2.05) is 24.3 Å². The van der Waals surface area contributed by atoms with Crippen molar-refractivity contribution in [3.05, 3.63) is 29.8 Å². The van der Waals surface area contributed by atoms with Gasteiger partial charge in [-0.1, -0.05) is 25.7 Å². The molecule has 1 amide bonds. The Bertz CT molecular complexity index is 423. The summed E-state index contributed by atoms with van der Waals surface area (Å²) in [5, 5.41) is 14.8. The summed E-state index contributed by atoms with van der Waals surface area (Å²) in [6.07, 6.45) is 8.14. The van der Waals surface area contributed by atoms with E-state index in [9.17, 15) is 4.79 Å². The highest BCUT2D eigenvalue weighted by molar-refractivity contribution is 5.94. The fourth-order valence-electron chi connectivity index (χ4n) is 2.84. The zero-order valence-corrected chi connectivity index (χ0v) is 12.6. The number of aliphatic hydroxyl groups excluding tert-OH is 1. The van der Waals surface area contributed by atoms with Gasteiger partial charge in [-0.15, -0.1) is 0 Å². The van der Waals surface area contributed by atoms with Crippen LogP contribution < -0.4 is 10.6 Å². The van der Waals surface area contributed by atoms with Crippen LogP contribution in [0.5, 0.6) is 0 Å². The van der Waals surface area contributed by atoms with Gasteiger partial charge >= 0.3 is 0 Å². The SMILES string of the molecule is O=C(NCCO)c1ccc(NCC2CCCCCC2)cc1. The Morgan fingerprint density at radius 2 is 1.76 bits per heavy atom. The molecule has 1 aliphatic carbocycles. The maximum absolute atomic E-state index is 11.7. The average molecular weight is 290 g/mol. The third-order valence-electron chi connectivity index (χ3n) is 4.11. The van der Waals surface area contributed by atoms with E-state index < -0.39 is 0 Å². The fourth-order valence-corrected chi connectivity index (χ4v) is 2.84. The molecule has 0 atom stereocenters. The summed E-state index contributed by atoms with van der Waals surface area (Å²) in [6.45, 7) is 1.28. The first kappa shape index (κ1) is 15.8. The molecule has 4 nitrogen and oxygen atoms in total. The standard InChI is InChI=1S/C17H26N2O2/c20-12-11-18-17(21)15-7-9-16(10-8-15)19-13-14-5-3-1-2-4-6-14/h7-10,14,19-20H,1-6,11-13H2,(H,18,21). The van der Waals surface area contributed by atoms with Crippen LogP contribution in [0.2, 0.25) is 0 Å². The van der Waals surface area contributed by atoms with Crippen molar-refractivity contribution in [2.45, 2.75) is 38.5 Å². The molecule has 0 spiro atoms. The molecule has 0 radical (unpaired) electrons. The number of hydrogen-bond acceptors (Lipinski definition) is 3. The summed E-state index contributed by atoms with van der Waals surface area (Å²) in [7, 11) is 0. The van der Waals surface area contributed by atoms with E-state index in [2.05, 4.69) is 10.6 Å². The van der Waals surface area contributed by atoms with Gasteiger partial charge in [0.2, 0.25) is 0 Å². The van der Waals surface area contributed by atoms with Gasteiger partial charge in [-0.3, -0.25) is 4.79 Å². The highest BCUT2D eigenvalue weighted by Gasteiger charge is 2.12. The lowest BCUT2D eigenvalue weighted by Crippen LogP contribution is -2.26. The van der Waals surface area contributed by atoms with Gasteiger partial charge in [-0.05, 0) is 43.0 Å².